The Morgan fingerprint density at radius 3 is 2.74 bits per heavy atom. The fourth-order valence-corrected chi connectivity index (χ4v) is 1.88. The second-order valence-electron chi connectivity index (χ2n) is 4.12. The molecule has 0 unspecified atom stereocenters. The molecule has 0 saturated carbocycles. The van der Waals surface area contributed by atoms with Gasteiger partial charge in [0.1, 0.15) is 5.56 Å². The maximum Gasteiger partial charge on any atom is 0.263 e. The van der Waals surface area contributed by atoms with Crippen molar-refractivity contribution in [1.29, 1.82) is 0 Å². The summed E-state index contributed by atoms with van der Waals surface area (Å²) in [7, 11) is 1.63. The highest BCUT2D eigenvalue weighted by atomic mass is 16.2. The van der Waals surface area contributed by atoms with Gasteiger partial charge in [0.15, 0.2) is 5.43 Å². The summed E-state index contributed by atoms with van der Waals surface area (Å²) in [5, 5.41) is 0. The topological polar surface area (TPSA) is 79.2 Å². The molecule has 0 atom stereocenters. The number of amides is 1. The zero-order valence-corrected chi connectivity index (χ0v) is 10.6. The van der Waals surface area contributed by atoms with Gasteiger partial charge in [-0.1, -0.05) is 18.2 Å². The van der Waals surface area contributed by atoms with Crippen LogP contribution in [0.15, 0.2) is 47.5 Å². The van der Waals surface area contributed by atoms with Gasteiger partial charge >= 0.3 is 0 Å². The van der Waals surface area contributed by atoms with Crippen LogP contribution in [0.25, 0.3) is 0 Å². The lowest BCUT2D eigenvalue weighted by atomic mass is 10.1. The summed E-state index contributed by atoms with van der Waals surface area (Å²) < 4.78 is 0. The van der Waals surface area contributed by atoms with Gasteiger partial charge in [-0.05, 0) is 11.6 Å². The van der Waals surface area contributed by atoms with Crippen molar-refractivity contribution in [3.05, 3.63) is 64.1 Å². The van der Waals surface area contributed by atoms with Crippen LogP contribution in [0.2, 0.25) is 0 Å². The molecule has 0 radical (unpaired) electrons. The fraction of sp³-hybridized carbons (Fsp3) is 0.143. The molecule has 0 bridgehead atoms. The van der Waals surface area contributed by atoms with Crippen molar-refractivity contribution >= 4 is 11.6 Å². The summed E-state index contributed by atoms with van der Waals surface area (Å²) in [5.74, 6) is -0.359. The fourth-order valence-electron chi connectivity index (χ4n) is 1.88. The number of pyridine rings is 1. The Morgan fingerprint density at radius 1 is 1.32 bits per heavy atom. The molecule has 0 fully saturated rings. The number of nitrogens with one attached hydrogen (secondary N) is 1. The number of carbonyl (C=O) groups is 1. The maximum absolute atomic E-state index is 12.3. The molecule has 0 spiro atoms. The maximum atomic E-state index is 12.3. The van der Waals surface area contributed by atoms with E-state index < -0.39 is 0 Å². The van der Waals surface area contributed by atoms with Gasteiger partial charge in [0, 0.05) is 37.7 Å². The summed E-state index contributed by atoms with van der Waals surface area (Å²) >= 11 is 0. The predicted molar refractivity (Wildman–Crippen MR) is 74.1 cm³/mol. The van der Waals surface area contributed by atoms with Crippen molar-refractivity contribution in [2.24, 2.45) is 5.73 Å². The number of para-hydroxylation sites is 1. The number of hydrogen-bond acceptors (Lipinski definition) is 3. The highest BCUT2D eigenvalue weighted by molar-refractivity contribution is 6.05. The Kier molecular flexibility index (Phi) is 3.77. The van der Waals surface area contributed by atoms with Crippen molar-refractivity contribution in [3.63, 3.8) is 0 Å². The predicted octanol–water partition coefficient (Wildman–Crippen LogP) is 1.11. The van der Waals surface area contributed by atoms with Crippen molar-refractivity contribution in [1.82, 2.24) is 4.98 Å². The van der Waals surface area contributed by atoms with Crippen molar-refractivity contribution in [2.45, 2.75) is 6.54 Å². The molecule has 0 aliphatic heterocycles. The molecule has 3 N–H and O–H groups in total. The number of benzene rings is 1. The Hall–Kier alpha value is -2.40. The smallest absolute Gasteiger partial charge is 0.263 e. The third-order valence-corrected chi connectivity index (χ3v) is 2.93. The van der Waals surface area contributed by atoms with Crippen LogP contribution in [0, 0.1) is 0 Å². The first-order chi connectivity index (χ1) is 9.15. The minimum absolute atomic E-state index is 0.108. The molecule has 19 heavy (non-hydrogen) atoms. The van der Waals surface area contributed by atoms with E-state index in [1.807, 2.05) is 18.2 Å². The number of rotatable bonds is 3. The van der Waals surface area contributed by atoms with E-state index in [1.165, 1.54) is 23.4 Å². The highest BCUT2D eigenvalue weighted by Gasteiger charge is 2.17. The molecule has 1 aromatic heterocycles. The first-order valence-electron chi connectivity index (χ1n) is 5.88. The molecule has 1 amide bonds. The minimum atomic E-state index is -0.359. The van der Waals surface area contributed by atoms with Crippen molar-refractivity contribution in [3.8, 4) is 0 Å². The lowest BCUT2D eigenvalue weighted by molar-refractivity contribution is 0.0991. The molecule has 2 aromatic rings. The van der Waals surface area contributed by atoms with Crippen LogP contribution in [0.4, 0.5) is 5.69 Å². The third kappa shape index (κ3) is 2.56. The van der Waals surface area contributed by atoms with E-state index in [9.17, 15) is 9.59 Å². The summed E-state index contributed by atoms with van der Waals surface area (Å²) in [5.41, 5.74) is 7.01. The quantitative estimate of drug-likeness (QED) is 0.864. The summed E-state index contributed by atoms with van der Waals surface area (Å²) in [6.07, 6.45) is 2.90. The highest BCUT2D eigenvalue weighted by Crippen LogP contribution is 2.19. The second-order valence-corrected chi connectivity index (χ2v) is 4.12. The third-order valence-electron chi connectivity index (χ3n) is 2.93. The van der Waals surface area contributed by atoms with Crippen LogP contribution >= 0.6 is 0 Å². The zero-order chi connectivity index (χ0) is 13.8. The van der Waals surface area contributed by atoms with Crippen molar-refractivity contribution < 1.29 is 4.79 Å². The van der Waals surface area contributed by atoms with Crippen LogP contribution < -0.4 is 16.1 Å². The van der Waals surface area contributed by atoms with Gasteiger partial charge in [-0.15, -0.1) is 0 Å². The Bertz CT molecular complexity index is 649. The Labute approximate surface area is 110 Å². The Balaban J connectivity index is 2.40. The van der Waals surface area contributed by atoms with E-state index in [4.69, 9.17) is 5.73 Å². The molecular formula is C14H15N3O2. The first kappa shape index (κ1) is 13.0. The normalized spacial score (nSPS) is 10.2. The molecule has 0 saturated heterocycles. The van der Waals surface area contributed by atoms with Gasteiger partial charge in [-0.25, -0.2) is 0 Å². The zero-order valence-electron chi connectivity index (χ0n) is 10.6. The molecule has 5 heteroatoms. The Morgan fingerprint density at radius 2 is 2.05 bits per heavy atom. The van der Waals surface area contributed by atoms with Gasteiger partial charge in [-0.3, -0.25) is 9.59 Å². The minimum Gasteiger partial charge on any atom is -0.367 e. The molecule has 0 aliphatic carbocycles. The summed E-state index contributed by atoms with van der Waals surface area (Å²) in [4.78, 5) is 28.1. The second kappa shape index (κ2) is 5.49. The summed E-state index contributed by atoms with van der Waals surface area (Å²) in [6, 6.07) is 8.67. The molecular weight excluding hydrogens is 242 g/mol. The standard InChI is InChI=1S/C14H15N3O2/c1-17(12-5-3-2-4-10(12)8-15)14(19)11-9-16-7-6-13(11)18/h2-7,9H,8,15H2,1H3,(H,16,18). The van der Waals surface area contributed by atoms with Crippen molar-refractivity contribution in [2.75, 3.05) is 11.9 Å². The number of H-pyrrole nitrogens is 1. The van der Waals surface area contributed by atoms with Gasteiger partial charge in [0.25, 0.3) is 5.91 Å². The molecule has 5 nitrogen and oxygen atoms in total. The molecule has 0 aliphatic rings. The van der Waals surface area contributed by atoms with Gasteiger partial charge in [0.2, 0.25) is 0 Å². The molecule has 2 rings (SSSR count). The lowest BCUT2D eigenvalue weighted by Crippen LogP contribution is -2.31. The molecule has 1 aromatic carbocycles. The average molecular weight is 257 g/mol. The lowest BCUT2D eigenvalue weighted by Gasteiger charge is -2.19. The van der Waals surface area contributed by atoms with Crippen LogP contribution in [0.5, 0.6) is 0 Å². The van der Waals surface area contributed by atoms with E-state index in [0.717, 1.165) is 5.56 Å². The van der Waals surface area contributed by atoms with E-state index in [1.54, 1.807) is 13.1 Å². The van der Waals surface area contributed by atoms with Gasteiger partial charge in [0.05, 0.1) is 0 Å². The molecule has 1 heterocycles. The SMILES string of the molecule is CN(C(=O)c1c[nH]ccc1=O)c1ccccc1CN. The average Bonchev–Trinajstić information content (AvgIpc) is 2.46. The van der Waals surface area contributed by atoms with Crippen LogP contribution in [0.1, 0.15) is 15.9 Å². The van der Waals surface area contributed by atoms with E-state index in [-0.39, 0.29) is 16.9 Å². The number of aromatic nitrogens is 1. The van der Waals surface area contributed by atoms with Gasteiger partial charge < -0.3 is 15.6 Å². The number of nitrogens with zero attached hydrogens (tertiary/aromatic N) is 1. The number of nitrogens with two attached hydrogens (primary N) is 1. The summed E-state index contributed by atoms with van der Waals surface area (Å²) in [6.45, 7) is 0.332. The van der Waals surface area contributed by atoms with E-state index >= 15 is 0 Å². The number of aromatic amines is 1. The van der Waals surface area contributed by atoms with Gasteiger partial charge in [-0.2, -0.15) is 0 Å². The number of carbonyl (C=O) groups excluding carboxylic acids is 1. The first-order valence-corrected chi connectivity index (χ1v) is 5.88. The largest absolute Gasteiger partial charge is 0.367 e. The number of hydrogen-bond donors (Lipinski definition) is 2. The number of anilines is 1. The van der Waals surface area contributed by atoms with Crippen LogP contribution in [-0.4, -0.2) is 17.9 Å². The van der Waals surface area contributed by atoms with Crippen LogP contribution in [0.3, 0.4) is 0 Å². The van der Waals surface area contributed by atoms with E-state index in [0.29, 0.717) is 12.2 Å². The van der Waals surface area contributed by atoms with E-state index in [2.05, 4.69) is 4.98 Å². The monoisotopic (exact) mass is 257 g/mol. The molecule has 98 valence electrons. The van der Waals surface area contributed by atoms with Crippen LogP contribution in [-0.2, 0) is 6.54 Å².